The van der Waals surface area contributed by atoms with Crippen LogP contribution in [0, 0.1) is 17.0 Å². The van der Waals surface area contributed by atoms with Gasteiger partial charge in [0, 0.05) is 17.0 Å². The van der Waals surface area contributed by atoms with E-state index >= 15 is 0 Å². The smallest absolute Gasteiger partial charge is 0.282 e. The van der Waals surface area contributed by atoms with E-state index in [0.717, 1.165) is 10.8 Å². The normalized spacial score (nSPS) is 10.0. The van der Waals surface area contributed by atoms with E-state index in [0.29, 0.717) is 12.1 Å². The van der Waals surface area contributed by atoms with Crippen LogP contribution < -0.4 is 5.32 Å². The van der Waals surface area contributed by atoms with Crippen LogP contribution in [0.15, 0.2) is 18.2 Å². The van der Waals surface area contributed by atoms with E-state index in [2.05, 4.69) is 27.9 Å². The highest BCUT2D eigenvalue weighted by molar-refractivity contribution is 14.1. The molecule has 0 heterocycles. The Morgan fingerprint density at radius 3 is 2.82 bits per heavy atom. The van der Waals surface area contributed by atoms with E-state index < -0.39 is 4.92 Å². The molecule has 0 unspecified atom stereocenters. The van der Waals surface area contributed by atoms with Crippen LogP contribution in [0.4, 0.5) is 5.69 Å². The number of aryl methyl sites for hydroxylation is 1. The van der Waals surface area contributed by atoms with E-state index in [4.69, 9.17) is 0 Å². The maximum Gasteiger partial charge on any atom is 0.282 e. The minimum atomic E-state index is -0.528. The van der Waals surface area contributed by atoms with Crippen LogP contribution in [0.2, 0.25) is 0 Å². The summed E-state index contributed by atoms with van der Waals surface area (Å²) in [4.78, 5) is 22.2. The Balaban J connectivity index is 2.95. The molecule has 1 aromatic carbocycles. The molecule has 5 nitrogen and oxygen atoms in total. The SMILES string of the molecule is Cc1cccc([N+](=O)[O-])c1C(=O)NCCCI. The summed E-state index contributed by atoms with van der Waals surface area (Å²) in [6.45, 7) is 2.23. The molecule has 92 valence electrons. The van der Waals surface area contributed by atoms with Gasteiger partial charge in [-0.2, -0.15) is 0 Å². The Labute approximate surface area is 113 Å². The zero-order valence-corrected chi connectivity index (χ0v) is 11.6. The highest BCUT2D eigenvalue weighted by Crippen LogP contribution is 2.21. The predicted molar refractivity (Wildman–Crippen MR) is 73.7 cm³/mol. The molecule has 0 aromatic heterocycles. The third-order valence-electron chi connectivity index (χ3n) is 2.27. The van der Waals surface area contributed by atoms with E-state index in [1.807, 2.05) is 0 Å². The maximum absolute atomic E-state index is 11.8. The van der Waals surface area contributed by atoms with Gasteiger partial charge >= 0.3 is 0 Å². The van der Waals surface area contributed by atoms with Gasteiger partial charge in [-0.15, -0.1) is 0 Å². The lowest BCUT2D eigenvalue weighted by molar-refractivity contribution is -0.385. The maximum atomic E-state index is 11.8. The average Bonchev–Trinajstić information content (AvgIpc) is 2.28. The molecule has 1 N–H and O–H groups in total. The first-order valence-electron chi connectivity index (χ1n) is 5.16. The molecule has 0 radical (unpaired) electrons. The van der Waals surface area contributed by atoms with Gasteiger partial charge in [0.1, 0.15) is 5.56 Å². The highest BCUT2D eigenvalue weighted by atomic mass is 127. The zero-order valence-electron chi connectivity index (χ0n) is 9.40. The number of alkyl halides is 1. The number of amides is 1. The molecule has 0 aliphatic heterocycles. The van der Waals surface area contributed by atoms with Gasteiger partial charge in [-0.3, -0.25) is 14.9 Å². The Morgan fingerprint density at radius 2 is 2.24 bits per heavy atom. The van der Waals surface area contributed by atoms with Crippen LogP contribution in [-0.4, -0.2) is 21.8 Å². The number of nitrogens with one attached hydrogen (secondary N) is 1. The van der Waals surface area contributed by atoms with Gasteiger partial charge in [-0.25, -0.2) is 0 Å². The molecule has 1 aromatic rings. The van der Waals surface area contributed by atoms with E-state index in [-0.39, 0.29) is 17.2 Å². The number of carbonyl (C=O) groups excluding carboxylic acids is 1. The first-order valence-corrected chi connectivity index (χ1v) is 6.68. The van der Waals surface area contributed by atoms with Gasteiger partial charge in [0.15, 0.2) is 0 Å². The Morgan fingerprint density at radius 1 is 1.53 bits per heavy atom. The number of rotatable bonds is 5. The number of nitrogens with zero attached hydrogens (tertiary/aromatic N) is 1. The van der Waals surface area contributed by atoms with Crippen molar-refractivity contribution in [2.75, 3.05) is 11.0 Å². The molecular formula is C11H13IN2O3. The van der Waals surface area contributed by atoms with Crippen molar-refractivity contribution in [1.82, 2.24) is 5.32 Å². The standard InChI is InChI=1S/C11H13IN2O3/c1-8-4-2-5-9(14(16)17)10(8)11(15)13-7-3-6-12/h2,4-5H,3,6-7H2,1H3,(H,13,15). The lowest BCUT2D eigenvalue weighted by Crippen LogP contribution is -2.26. The lowest BCUT2D eigenvalue weighted by Gasteiger charge is -2.07. The molecule has 0 aliphatic rings. The minimum absolute atomic E-state index is 0.142. The first kappa shape index (κ1) is 13.9. The van der Waals surface area contributed by atoms with Crippen molar-refractivity contribution in [3.63, 3.8) is 0 Å². The second-order valence-electron chi connectivity index (χ2n) is 3.52. The molecule has 0 saturated heterocycles. The summed E-state index contributed by atoms with van der Waals surface area (Å²) >= 11 is 2.21. The molecule has 0 bridgehead atoms. The number of nitro benzene ring substituents is 1. The third kappa shape index (κ3) is 3.65. The first-order chi connectivity index (χ1) is 8.07. The van der Waals surface area contributed by atoms with Crippen molar-refractivity contribution in [3.05, 3.63) is 39.4 Å². The van der Waals surface area contributed by atoms with Crippen molar-refractivity contribution in [2.45, 2.75) is 13.3 Å². The summed E-state index contributed by atoms with van der Waals surface area (Å²) in [5, 5.41) is 13.5. The molecule has 1 rings (SSSR count). The summed E-state index contributed by atoms with van der Waals surface area (Å²) in [5.74, 6) is -0.375. The average molecular weight is 348 g/mol. The van der Waals surface area contributed by atoms with Crippen LogP contribution in [-0.2, 0) is 0 Å². The summed E-state index contributed by atoms with van der Waals surface area (Å²) < 4.78 is 0.938. The molecular weight excluding hydrogens is 335 g/mol. The fraction of sp³-hybridized carbons (Fsp3) is 0.364. The second kappa shape index (κ2) is 6.53. The molecule has 6 heteroatoms. The number of hydrogen-bond acceptors (Lipinski definition) is 3. The van der Waals surface area contributed by atoms with Crippen molar-refractivity contribution in [2.24, 2.45) is 0 Å². The van der Waals surface area contributed by atoms with Crippen LogP contribution in [0.3, 0.4) is 0 Å². The van der Waals surface area contributed by atoms with Crippen molar-refractivity contribution < 1.29 is 9.72 Å². The van der Waals surface area contributed by atoms with Crippen LogP contribution >= 0.6 is 22.6 Å². The van der Waals surface area contributed by atoms with Gasteiger partial charge in [0.2, 0.25) is 0 Å². The van der Waals surface area contributed by atoms with Gasteiger partial charge in [0.25, 0.3) is 11.6 Å². The molecule has 0 saturated carbocycles. The van der Waals surface area contributed by atoms with Crippen LogP contribution in [0.25, 0.3) is 0 Å². The van der Waals surface area contributed by atoms with Crippen LogP contribution in [0.1, 0.15) is 22.3 Å². The number of benzene rings is 1. The van der Waals surface area contributed by atoms with E-state index in [1.54, 1.807) is 19.1 Å². The summed E-state index contributed by atoms with van der Waals surface area (Å²) in [5.41, 5.74) is 0.633. The fourth-order valence-electron chi connectivity index (χ4n) is 1.46. The molecule has 0 spiro atoms. The minimum Gasteiger partial charge on any atom is -0.352 e. The number of halogens is 1. The monoisotopic (exact) mass is 348 g/mol. The number of hydrogen-bond donors (Lipinski definition) is 1. The van der Waals surface area contributed by atoms with Crippen molar-refractivity contribution >= 4 is 34.2 Å². The fourth-order valence-corrected chi connectivity index (χ4v) is 1.84. The third-order valence-corrected chi connectivity index (χ3v) is 3.03. The van der Waals surface area contributed by atoms with Gasteiger partial charge in [0.05, 0.1) is 4.92 Å². The van der Waals surface area contributed by atoms with E-state index in [9.17, 15) is 14.9 Å². The van der Waals surface area contributed by atoms with Gasteiger partial charge < -0.3 is 5.32 Å². The largest absolute Gasteiger partial charge is 0.352 e. The lowest BCUT2D eigenvalue weighted by atomic mass is 10.1. The molecule has 17 heavy (non-hydrogen) atoms. The van der Waals surface area contributed by atoms with Crippen molar-refractivity contribution in [3.8, 4) is 0 Å². The zero-order chi connectivity index (χ0) is 12.8. The summed E-state index contributed by atoms with van der Waals surface area (Å²) in [6, 6.07) is 4.62. The summed E-state index contributed by atoms with van der Waals surface area (Å²) in [7, 11) is 0. The topological polar surface area (TPSA) is 72.2 Å². The Kier molecular flexibility index (Phi) is 5.33. The van der Waals surface area contributed by atoms with Gasteiger partial charge in [-0.05, 0) is 18.9 Å². The summed E-state index contributed by atoms with van der Waals surface area (Å²) in [6.07, 6.45) is 0.853. The highest BCUT2D eigenvalue weighted by Gasteiger charge is 2.21. The van der Waals surface area contributed by atoms with Crippen LogP contribution in [0.5, 0.6) is 0 Å². The number of nitro groups is 1. The Hall–Kier alpha value is -1.18. The van der Waals surface area contributed by atoms with E-state index in [1.165, 1.54) is 6.07 Å². The second-order valence-corrected chi connectivity index (χ2v) is 4.60. The van der Waals surface area contributed by atoms with Crippen molar-refractivity contribution in [1.29, 1.82) is 0 Å². The number of carbonyl (C=O) groups is 1. The quantitative estimate of drug-likeness (QED) is 0.292. The molecule has 0 aliphatic carbocycles. The molecule has 0 atom stereocenters. The Bertz CT molecular complexity index is 435. The van der Waals surface area contributed by atoms with Gasteiger partial charge in [-0.1, -0.05) is 34.7 Å². The molecule has 1 amide bonds. The molecule has 0 fully saturated rings. The predicted octanol–water partition coefficient (Wildman–Crippen LogP) is 2.46.